The van der Waals surface area contributed by atoms with Crippen LogP contribution in [0.5, 0.6) is 0 Å². The molecule has 4 aliphatic rings. The van der Waals surface area contributed by atoms with Gasteiger partial charge in [-0.1, -0.05) is 48.5 Å². The van der Waals surface area contributed by atoms with Crippen molar-refractivity contribution >= 4 is 23.6 Å². The van der Waals surface area contributed by atoms with E-state index in [-0.39, 0.29) is 24.0 Å². The molecule has 0 saturated heterocycles. The van der Waals surface area contributed by atoms with Gasteiger partial charge in [-0.05, 0) is 74.0 Å². The SMILES string of the molecule is O=C(COC(=O)C(Sc1ccccc1)c1ccccc1)NC12CC3CC(CC(C3)C1)C2. The van der Waals surface area contributed by atoms with Crippen molar-refractivity contribution in [3.63, 3.8) is 0 Å². The number of nitrogens with one attached hydrogen (secondary N) is 1. The highest BCUT2D eigenvalue weighted by atomic mass is 32.2. The Labute approximate surface area is 188 Å². The van der Waals surface area contributed by atoms with Crippen molar-refractivity contribution in [3.8, 4) is 0 Å². The van der Waals surface area contributed by atoms with Gasteiger partial charge in [0.1, 0.15) is 5.25 Å². The Balaban J connectivity index is 1.22. The van der Waals surface area contributed by atoms with Crippen LogP contribution in [0.25, 0.3) is 0 Å². The van der Waals surface area contributed by atoms with Crippen molar-refractivity contribution in [2.75, 3.05) is 6.61 Å². The average Bonchev–Trinajstić information content (AvgIpc) is 2.76. The number of thioether (sulfide) groups is 1. The van der Waals surface area contributed by atoms with Gasteiger partial charge in [0, 0.05) is 10.4 Å². The number of ether oxygens (including phenoxy) is 1. The summed E-state index contributed by atoms with van der Waals surface area (Å²) in [5.74, 6) is 1.75. The van der Waals surface area contributed by atoms with Crippen LogP contribution in [0.4, 0.5) is 0 Å². The Morgan fingerprint density at radius 2 is 1.45 bits per heavy atom. The molecule has 4 bridgehead atoms. The molecule has 1 N–H and O–H groups in total. The van der Waals surface area contributed by atoms with Gasteiger partial charge in [-0.25, -0.2) is 0 Å². The van der Waals surface area contributed by atoms with E-state index >= 15 is 0 Å². The van der Waals surface area contributed by atoms with Crippen LogP contribution in [0, 0.1) is 17.8 Å². The second-order valence-electron chi connectivity index (χ2n) is 9.58. The molecule has 4 fully saturated rings. The van der Waals surface area contributed by atoms with Gasteiger partial charge < -0.3 is 10.1 Å². The third-order valence-corrected chi connectivity index (χ3v) is 8.35. The van der Waals surface area contributed by atoms with Crippen molar-refractivity contribution in [2.24, 2.45) is 17.8 Å². The summed E-state index contributed by atoms with van der Waals surface area (Å²) in [7, 11) is 0. The van der Waals surface area contributed by atoms with Gasteiger partial charge in [0.2, 0.25) is 0 Å². The van der Waals surface area contributed by atoms with Crippen LogP contribution >= 0.6 is 11.8 Å². The standard InChI is InChI=1S/C26H29NO3S/c28-23(27-26-14-18-11-19(15-26)13-20(12-18)16-26)17-30-25(29)24(21-7-3-1-4-8-21)31-22-9-5-2-6-10-22/h1-10,18-20,24H,11-17H2,(H,27,28). The van der Waals surface area contributed by atoms with Crippen molar-refractivity contribution in [3.05, 3.63) is 66.2 Å². The summed E-state index contributed by atoms with van der Waals surface area (Å²) in [5.41, 5.74) is 0.818. The molecule has 0 heterocycles. The number of esters is 1. The molecule has 6 rings (SSSR count). The summed E-state index contributed by atoms with van der Waals surface area (Å²) in [6, 6.07) is 19.4. The van der Waals surface area contributed by atoms with Crippen molar-refractivity contribution < 1.29 is 14.3 Å². The first-order valence-corrected chi connectivity index (χ1v) is 12.2. The largest absolute Gasteiger partial charge is 0.454 e. The number of carbonyl (C=O) groups excluding carboxylic acids is 2. The normalized spacial score (nSPS) is 29.4. The van der Waals surface area contributed by atoms with Crippen LogP contribution in [-0.2, 0) is 14.3 Å². The molecule has 0 aliphatic heterocycles. The second kappa shape index (κ2) is 8.70. The zero-order chi connectivity index (χ0) is 21.3. The van der Waals surface area contributed by atoms with E-state index in [0.29, 0.717) is 0 Å². The first-order chi connectivity index (χ1) is 15.1. The zero-order valence-electron chi connectivity index (χ0n) is 17.7. The fraction of sp³-hybridized carbons (Fsp3) is 0.462. The molecule has 162 valence electrons. The summed E-state index contributed by atoms with van der Waals surface area (Å²) >= 11 is 1.45. The lowest BCUT2D eigenvalue weighted by Crippen LogP contribution is -2.60. The zero-order valence-corrected chi connectivity index (χ0v) is 18.5. The lowest BCUT2D eigenvalue weighted by atomic mass is 9.53. The molecule has 1 amide bonds. The minimum Gasteiger partial charge on any atom is -0.454 e. The number of benzene rings is 2. The van der Waals surface area contributed by atoms with E-state index in [1.807, 2.05) is 60.7 Å². The highest BCUT2D eigenvalue weighted by molar-refractivity contribution is 8.00. The van der Waals surface area contributed by atoms with E-state index in [1.54, 1.807) is 0 Å². The van der Waals surface area contributed by atoms with Crippen LogP contribution in [0.3, 0.4) is 0 Å². The maximum atomic E-state index is 13.0. The highest BCUT2D eigenvalue weighted by Gasteiger charge is 2.51. The van der Waals surface area contributed by atoms with Gasteiger partial charge in [0.25, 0.3) is 5.91 Å². The van der Waals surface area contributed by atoms with E-state index in [4.69, 9.17) is 4.74 Å². The molecule has 4 saturated carbocycles. The molecule has 31 heavy (non-hydrogen) atoms. The number of carbonyl (C=O) groups is 2. The van der Waals surface area contributed by atoms with E-state index < -0.39 is 5.25 Å². The lowest BCUT2D eigenvalue weighted by molar-refractivity contribution is -0.149. The Morgan fingerprint density at radius 1 is 0.903 bits per heavy atom. The third-order valence-electron chi connectivity index (χ3n) is 7.10. The molecule has 0 radical (unpaired) electrons. The molecule has 0 aromatic heterocycles. The Kier molecular flexibility index (Phi) is 5.79. The van der Waals surface area contributed by atoms with E-state index in [1.165, 1.54) is 31.0 Å². The Bertz CT molecular complexity index is 895. The summed E-state index contributed by atoms with van der Waals surface area (Å²) in [4.78, 5) is 26.7. The van der Waals surface area contributed by atoms with Crippen LogP contribution in [-0.4, -0.2) is 24.0 Å². The quantitative estimate of drug-likeness (QED) is 0.483. The van der Waals surface area contributed by atoms with Gasteiger partial charge in [0.15, 0.2) is 6.61 Å². The lowest BCUT2D eigenvalue weighted by Gasteiger charge is -2.56. The minimum absolute atomic E-state index is 0.0597. The molecular formula is C26H29NO3S. The molecule has 4 nitrogen and oxygen atoms in total. The molecule has 2 aromatic rings. The molecule has 1 unspecified atom stereocenters. The summed E-state index contributed by atoms with van der Waals surface area (Å²) in [6.45, 7) is -0.209. The third kappa shape index (κ3) is 4.67. The van der Waals surface area contributed by atoms with Gasteiger partial charge in [0.05, 0.1) is 0 Å². The molecule has 1 atom stereocenters. The minimum atomic E-state index is -0.504. The van der Waals surface area contributed by atoms with E-state index in [0.717, 1.165) is 47.5 Å². The van der Waals surface area contributed by atoms with Gasteiger partial charge in [-0.15, -0.1) is 11.8 Å². The monoisotopic (exact) mass is 435 g/mol. The Hall–Kier alpha value is -2.27. The van der Waals surface area contributed by atoms with Crippen LogP contribution < -0.4 is 5.32 Å². The molecule has 4 aliphatic carbocycles. The second-order valence-corrected chi connectivity index (χ2v) is 10.8. The van der Waals surface area contributed by atoms with Crippen LogP contribution in [0.2, 0.25) is 0 Å². The maximum Gasteiger partial charge on any atom is 0.324 e. The predicted molar refractivity (Wildman–Crippen MR) is 121 cm³/mol. The summed E-state index contributed by atoms with van der Waals surface area (Å²) < 4.78 is 5.53. The number of hydrogen-bond acceptors (Lipinski definition) is 4. The van der Waals surface area contributed by atoms with Gasteiger partial charge in [-0.2, -0.15) is 0 Å². The molecule has 2 aromatic carbocycles. The number of hydrogen-bond donors (Lipinski definition) is 1. The van der Waals surface area contributed by atoms with Gasteiger partial charge in [-0.3, -0.25) is 9.59 Å². The summed E-state index contributed by atoms with van der Waals surface area (Å²) in [6.07, 6.45) is 7.28. The highest BCUT2D eigenvalue weighted by Crippen LogP contribution is 2.55. The van der Waals surface area contributed by atoms with Crippen molar-refractivity contribution in [1.82, 2.24) is 5.32 Å². The summed E-state index contributed by atoms with van der Waals surface area (Å²) in [5, 5.41) is 2.78. The van der Waals surface area contributed by atoms with Crippen LogP contribution in [0.1, 0.15) is 49.3 Å². The van der Waals surface area contributed by atoms with Crippen molar-refractivity contribution in [2.45, 2.75) is 54.2 Å². The smallest absolute Gasteiger partial charge is 0.324 e. The van der Waals surface area contributed by atoms with Crippen LogP contribution in [0.15, 0.2) is 65.6 Å². The molecule has 5 heteroatoms. The average molecular weight is 436 g/mol. The fourth-order valence-corrected chi connectivity index (χ4v) is 7.37. The predicted octanol–water partition coefficient (Wildman–Crippen LogP) is 5.15. The topological polar surface area (TPSA) is 55.4 Å². The molecular weight excluding hydrogens is 406 g/mol. The van der Waals surface area contributed by atoms with E-state index in [2.05, 4.69) is 5.32 Å². The number of rotatable bonds is 7. The first kappa shape index (κ1) is 20.6. The van der Waals surface area contributed by atoms with Gasteiger partial charge >= 0.3 is 5.97 Å². The Morgan fingerprint density at radius 3 is 2.03 bits per heavy atom. The number of amides is 1. The maximum absolute atomic E-state index is 13.0. The van der Waals surface area contributed by atoms with Crippen molar-refractivity contribution in [1.29, 1.82) is 0 Å². The first-order valence-electron chi connectivity index (χ1n) is 11.3. The molecule has 0 spiro atoms. The fourth-order valence-electron chi connectivity index (χ4n) is 6.32. The van der Waals surface area contributed by atoms with E-state index in [9.17, 15) is 9.59 Å².